The Balaban J connectivity index is 2.11. The number of nitrogens with zero attached hydrogens (tertiary/aromatic N) is 1. The molecule has 3 amide bonds. The van der Waals surface area contributed by atoms with Crippen LogP contribution in [0.25, 0.3) is 0 Å². The van der Waals surface area contributed by atoms with Crippen molar-refractivity contribution < 1.29 is 37.8 Å². The molecule has 11 heteroatoms. The van der Waals surface area contributed by atoms with Gasteiger partial charge in [0, 0.05) is 49.2 Å². The van der Waals surface area contributed by atoms with E-state index in [-0.39, 0.29) is 41.8 Å². The zero-order chi connectivity index (χ0) is 35.5. The van der Waals surface area contributed by atoms with Crippen molar-refractivity contribution in [3.63, 3.8) is 0 Å². The molecule has 0 aromatic heterocycles. The number of rotatable bonds is 22. The van der Waals surface area contributed by atoms with Crippen molar-refractivity contribution in [3.8, 4) is 0 Å². The predicted octanol–water partition coefficient (Wildman–Crippen LogP) is 5.98. The van der Waals surface area contributed by atoms with Gasteiger partial charge in [0.15, 0.2) is 0 Å². The van der Waals surface area contributed by atoms with E-state index >= 15 is 0 Å². The number of aliphatic hydroxyl groups is 1. The fourth-order valence-electron chi connectivity index (χ4n) is 5.65. The molecule has 2 aromatic rings. The standard InChI is InChI=1S/C37H53F2N3O6/c1-5-18-42(19-6-2)37(47)29-15-13-14-28(23-29)36(46)41-32(22-26-20-30(38)25-31(39)21-26)33(43)24-27(7-3)35(45)40-17-12-10-8-9-11-16-34(44)48-4/h13-15,20-21,23,25,27,32-33,43H,5-12,16-19,22,24H2,1-4H3,(H,40,45)(H,41,46). The summed E-state index contributed by atoms with van der Waals surface area (Å²) in [5.41, 5.74) is 0.795. The molecule has 48 heavy (non-hydrogen) atoms. The van der Waals surface area contributed by atoms with E-state index < -0.39 is 35.6 Å². The van der Waals surface area contributed by atoms with Crippen LogP contribution in [0.5, 0.6) is 0 Å². The Bertz CT molecular complexity index is 1300. The summed E-state index contributed by atoms with van der Waals surface area (Å²) in [6.07, 6.45) is 5.36. The Labute approximate surface area is 283 Å². The summed E-state index contributed by atoms with van der Waals surface area (Å²) in [7, 11) is 1.37. The van der Waals surface area contributed by atoms with Crippen LogP contribution in [0.4, 0.5) is 8.78 Å². The van der Waals surface area contributed by atoms with Crippen LogP contribution in [0.3, 0.4) is 0 Å². The minimum atomic E-state index is -1.22. The molecular formula is C37H53F2N3O6. The molecule has 3 atom stereocenters. The second-order valence-corrected chi connectivity index (χ2v) is 12.2. The van der Waals surface area contributed by atoms with Crippen molar-refractivity contribution in [2.24, 2.45) is 5.92 Å². The second kappa shape index (κ2) is 21.9. The maximum atomic E-state index is 14.1. The number of carbonyl (C=O) groups excluding carboxylic acids is 4. The van der Waals surface area contributed by atoms with Crippen molar-refractivity contribution in [1.82, 2.24) is 15.5 Å². The fraction of sp³-hybridized carbons (Fsp3) is 0.568. The molecule has 0 fully saturated rings. The first-order chi connectivity index (χ1) is 23.0. The first kappa shape index (κ1) is 40.3. The average Bonchev–Trinajstić information content (AvgIpc) is 3.06. The topological polar surface area (TPSA) is 125 Å². The van der Waals surface area contributed by atoms with Crippen molar-refractivity contribution >= 4 is 23.7 Å². The van der Waals surface area contributed by atoms with E-state index in [1.54, 1.807) is 23.1 Å². The smallest absolute Gasteiger partial charge is 0.305 e. The Morgan fingerprint density at radius 3 is 2.12 bits per heavy atom. The number of aliphatic hydroxyl groups excluding tert-OH is 1. The molecule has 0 radical (unpaired) electrons. The van der Waals surface area contributed by atoms with E-state index in [1.165, 1.54) is 13.2 Å². The van der Waals surface area contributed by atoms with Gasteiger partial charge in [0.2, 0.25) is 5.91 Å². The summed E-state index contributed by atoms with van der Waals surface area (Å²) in [6.45, 7) is 7.45. The third-order valence-corrected chi connectivity index (χ3v) is 8.28. The molecule has 3 unspecified atom stereocenters. The van der Waals surface area contributed by atoms with Gasteiger partial charge >= 0.3 is 5.97 Å². The lowest BCUT2D eigenvalue weighted by molar-refractivity contribution is -0.140. The summed E-state index contributed by atoms with van der Waals surface area (Å²) < 4.78 is 32.8. The fourth-order valence-corrected chi connectivity index (χ4v) is 5.65. The van der Waals surface area contributed by atoms with Gasteiger partial charge in [0.05, 0.1) is 19.3 Å². The van der Waals surface area contributed by atoms with Crippen molar-refractivity contribution in [2.75, 3.05) is 26.7 Å². The number of methoxy groups -OCH3 is 1. The van der Waals surface area contributed by atoms with Crippen molar-refractivity contribution in [1.29, 1.82) is 0 Å². The first-order valence-electron chi connectivity index (χ1n) is 17.2. The molecule has 0 aliphatic heterocycles. The summed E-state index contributed by atoms with van der Waals surface area (Å²) in [4.78, 5) is 52.6. The number of unbranched alkanes of at least 4 members (excludes halogenated alkanes) is 4. The van der Waals surface area contributed by atoms with E-state index in [9.17, 15) is 33.1 Å². The number of hydrogen-bond acceptors (Lipinski definition) is 6. The number of hydrogen-bond donors (Lipinski definition) is 3. The maximum Gasteiger partial charge on any atom is 0.305 e. The molecule has 266 valence electrons. The largest absolute Gasteiger partial charge is 0.469 e. The SMILES string of the molecule is CCCN(CCC)C(=O)c1cccc(C(=O)NC(Cc2cc(F)cc(F)c2)C(O)CC(CC)C(=O)NCCCCCCCC(=O)OC)c1. The molecule has 2 rings (SSSR count). The summed E-state index contributed by atoms with van der Waals surface area (Å²) in [5.74, 6) is -3.32. The maximum absolute atomic E-state index is 14.1. The van der Waals surface area contributed by atoms with Crippen LogP contribution in [-0.2, 0) is 20.7 Å². The molecule has 0 aliphatic rings. The molecule has 0 saturated carbocycles. The Morgan fingerprint density at radius 2 is 1.50 bits per heavy atom. The van der Waals surface area contributed by atoms with Gasteiger partial charge in [-0.3, -0.25) is 19.2 Å². The number of esters is 1. The number of carbonyl (C=O) groups is 4. The number of benzene rings is 2. The first-order valence-corrected chi connectivity index (χ1v) is 17.2. The Hall–Kier alpha value is -3.86. The van der Waals surface area contributed by atoms with Gasteiger partial charge < -0.3 is 25.4 Å². The Kier molecular flexibility index (Phi) is 18.4. The molecule has 0 spiro atoms. The number of ether oxygens (including phenoxy) is 1. The monoisotopic (exact) mass is 673 g/mol. The van der Waals surface area contributed by atoms with Crippen LogP contribution in [0.2, 0.25) is 0 Å². The number of nitrogens with one attached hydrogen (secondary N) is 2. The Morgan fingerprint density at radius 1 is 0.875 bits per heavy atom. The highest BCUT2D eigenvalue weighted by Gasteiger charge is 2.28. The van der Waals surface area contributed by atoms with E-state index in [0.717, 1.165) is 63.1 Å². The highest BCUT2D eigenvalue weighted by molar-refractivity contribution is 5.99. The minimum Gasteiger partial charge on any atom is -0.469 e. The van der Waals surface area contributed by atoms with Gasteiger partial charge in [-0.15, -0.1) is 0 Å². The highest BCUT2D eigenvalue weighted by atomic mass is 19.1. The van der Waals surface area contributed by atoms with Crippen molar-refractivity contribution in [2.45, 2.75) is 104 Å². The quantitative estimate of drug-likeness (QED) is 0.104. The van der Waals surface area contributed by atoms with E-state index in [0.29, 0.717) is 38.0 Å². The number of halogens is 2. The summed E-state index contributed by atoms with van der Waals surface area (Å²) in [5, 5.41) is 17.1. The average molecular weight is 674 g/mol. The van der Waals surface area contributed by atoms with Crippen LogP contribution in [0.15, 0.2) is 42.5 Å². The van der Waals surface area contributed by atoms with Crippen LogP contribution >= 0.6 is 0 Å². The van der Waals surface area contributed by atoms with E-state index in [1.807, 2.05) is 20.8 Å². The van der Waals surface area contributed by atoms with Gasteiger partial charge in [-0.25, -0.2) is 8.78 Å². The molecule has 9 nitrogen and oxygen atoms in total. The molecule has 2 aromatic carbocycles. The van der Waals surface area contributed by atoms with Gasteiger partial charge in [-0.05, 0) is 80.8 Å². The lowest BCUT2D eigenvalue weighted by Gasteiger charge is -2.27. The van der Waals surface area contributed by atoms with Gasteiger partial charge in [-0.2, -0.15) is 0 Å². The normalized spacial score (nSPS) is 12.9. The third kappa shape index (κ3) is 14.1. The molecule has 0 bridgehead atoms. The molecule has 0 heterocycles. The zero-order valence-corrected chi connectivity index (χ0v) is 28.9. The van der Waals surface area contributed by atoms with Crippen molar-refractivity contribution in [3.05, 3.63) is 70.8 Å². The zero-order valence-electron chi connectivity index (χ0n) is 28.9. The van der Waals surface area contributed by atoms with Crippen LogP contribution < -0.4 is 10.6 Å². The third-order valence-electron chi connectivity index (χ3n) is 8.28. The lowest BCUT2D eigenvalue weighted by atomic mass is 9.91. The second-order valence-electron chi connectivity index (χ2n) is 12.2. The van der Waals surface area contributed by atoms with E-state index in [2.05, 4.69) is 15.4 Å². The molecule has 0 aliphatic carbocycles. The summed E-state index contributed by atoms with van der Waals surface area (Å²) in [6, 6.07) is 8.37. The van der Waals surface area contributed by atoms with Gasteiger partial charge in [0.1, 0.15) is 11.6 Å². The van der Waals surface area contributed by atoms with E-state index in [4.69, 9.17) is 0 Å². The van der Waals surface area contributed by atoms with Crippen LogP contribution in [0.1, 0.15) is 111 Å². The number of amides is 3. The van der Waals surface area contributed by atoms with Crippen LogP contribution in [0, 0.1) is 17.6 Å². The van der Waals surface area contributed by atoms with Gasteiger partial charge in [-0.1, -0.05) is 46.1 Å². The molecule has 0 saturated heterocycles. The minimum absolute atomic E-state index is 0.0140. The lowest BCUT2D eigenvalue weighted by Crippen LogP contribution is -2.46. The highest BCUT2D eigenvalue weighted by Crippen LogP contribution is 2.19. The predicted molar refractivity (Wildman–Crippen MR) is 181 cm³/mol. The van der Waals surface area contributed by atoms with Crippen LogP contribution in [-0.4, -0.2) is 72.6 Å². The molecular weight excluding hydrogens is 620 g/mol. The molecule has 3 N–H and O–H groups in total. The van der Waals surface area contributed by atoms with Gasteiger partial charge in [0.25, 0.3) is 11.8 Å². The summed E-state index contributed by atoms with van der Waals surface area (Å²) >= 11 is 0.